The van der Waals surface area contributed by atoms with Crippen molar-refractivity contribution in [3.63, 3.8) is 0 Å². The standard InChI is InChI=1S/C11H12N4/c1-8(2)15-9-4-3-7-13-11(9)14-10(15)5-6-12/h3-4,7-8H,5H2,1-2H3. The first kappa shape index (κ1) is 9.66. The lowest BCUT2D eigenvalue weighted by Gasteiger charge is -2.10. The minimum atomic E-state index is 0.294. The van der Waals surface area contributed by atoms with E-state index in [2.05, 4.69) is 34.5 Å². The average Bonchev–Trinajstić information content (AvgIpc) is 2.56. The highest BCUT2D eigenvalue weighted by molar-refractivity contribution is 5.71. The summed E-state index contributed by atoms with van der Waals surface area (Å²) in [6.45, 7) is 4.16. The van der Waals surface area contributed by atoms with Crippen LogP contribution in [0.5, 0.6) is 0 Å². The molecule has 0 saturated carbocycles. The van der Waals surface area contributed by atoms with Crippen LogP contribution < -0.4 is 0 Å². The molecule has 0 amide bonds. The maximum Gasteiger partial charge on any atom is 0.177 e. The largest absolute Gasteiger partial charge is 0.323 e. The van der Waals surface area contributed by atoms with Gasteiger partial charge in [-0.25, -0.2) is 9.97 Å². The zero-order valence-corrected chi connectivity index (χ0v) is 8.81. The quantitative estimate of drug-likeness (QED) is 0.745. The van der Waals surface area contributed by atoms with Gasteiger partial charge in [-0.05, 0) is 26.0 Å². The number of hydrogen-bond donors (Lipinski definition) is 0. The summed E-state index contributed by atoms with van der Waals surface area (Å²) < 4.78 is 2.06. The molecule has 0 aliphatic heterocycles. The summed E-state index contributed by atoms with van der Waals surface area (Å²) in [5, 5.41) is 8.73. The van der Waals surface area contributed by atoms with E-state index in [0.29, 0.717) is 12.5 Å². The van der Waals surface area contributed by atoms with E-state index in [1.165, 1.54) is 0 Å². The van der Waals surface area contributed by atoms with Crippen molar-refractivity contribution in [2.24, 2.45) is 0 Å². The van der Waals surface area contributed by atoms with Gasteiger partial charge in [0.25, 0.3) is 0 Å². The van der Waals surface area contributed by atoms with Crippen LogP contribution in [0.3, 0.4) is 0 Å². The highest BCUT2D eigenvalue weighted by atomic mass is 15.1. The predicted octanol–water partition coefficient (Wildman–Crippen LogP) is 2.08. The molecular weight excluding hydrogens is 188 g/mol. The Morgan fingerprint density at radius 1 is 1.53 bits per heavy atom. The third kappa shape index (κ3) is 1.57. The maximum absolute atomic E-state index is 8.73. The van der Waals surface area contributed by atoms with Crippen LogP contribution in [0.15, 0.2) is 18.3 Å². The lowest BCUT2D eigenvalue weighted by atomic mass is 10.3. The summed E-state index contributed by atoms with van der Waals surface area (Å²) in [6, 6.07) is 6.29. The fourth-order valence-electron chi connectivity index (χ4n) is 1.75. The smallest absolute Gasteiger partial charge is 0.177 e. The van der Waals surface area contributed by atoms with Gasteiger partial charge >= 0.3 is 0 Å². The summed E-state index contributed by atoms with van der Waals surface area (Å²) in [5.74, 6) is 0.793. The summed E-state index contributed by atoms with van der Waals surface area (Å²) >= 11 is 0. The highest BCUT2D eigenvalue weighted by Gasteiger charge is 2.12. The number of pyridine rings is 1. The van der Waals surface area contributed by atoms with Crippen LogP contribution >= 0.6 is 0 Å². The van der Waals surface area contributed by atoms with Crippen molar-refractivity contribution in [2.75, 3.05) is 0 Å². The van der Waals surface area contributed by atoms with Gasteiger partial charge in [0, 0.05) is 12.2 Å². The van der Waals surface area contributed by atoms with E-state index in [4.69, 9.17) is 5.26 Å². The van der Waals surface area contributed by atoms with Crippen molar-refractivity contribution in [2.45, 2.75) is 26.3 Å². The van der Waals surface area contributed by atoms with Gasteiger partial charge in [0.05, 0.1) is 18.0 Å². The average molecular weight is 200 g/mol. The summed E-state index contributed by atoms with van der Waals surface area (Å²) in [5.41, 5.74) is 1.72. The van der Waals surface area contributed by atoms with Crippen LogP contribution in [0.2, 0.25) is 0 Å². The topological polar surface area (TPSA) is 54.5 Å². The molecule has 2 aromatic heterocycles. The van der Waals surface area contributed by atoms with E-state index < -0.39 is 0 Å². The minimum absolute atomic E-state index is 0.294. The van der Waals surface area contributed by atoms with Gasteiger partial charge in [0.1, 0.15) is 5.82 Å². The molecule has 2 aromatic rings. The van der Waals surface area contributed by atoms with Gasteiger partial charge in [-0.15, -0.1) is 0 Å². The van der Waals surface area contributed by atoms with Crippen LogP contribution in [-0.2, 0) is 6.42 Å². The highest BCUT2D eigenvalue weighted by Crippen LogP contribution is 2.19. The minimum Gasteiger partial charge on any atom is -0.323 e. The van der Waals surface area contributed by atoms with Gasteiger partial charge < -0.3 is 4.57 Å². The van der Waals surface area contributed by atoms with E-state index >= 15 is 0 Å². The Morgan fingerprint density at radius 3 is 3.00 bits per heavy atom. The number of nitriles is 1. The molecule has 2 heterocycles. The molecule has 76 valence electrons. The molecule has 0 spiro atoms. The molecule has 0 saturated heterocycles. The molecule has 0 fully saturated rings. The molecular formula is C11H12N4. The Balaban J connectivity index is 2.70. The Kier molecular flexibility index (Phi) is 2.38. The first-order valence-corrected chi connectivity index (χ1v) is 4.93. The zero-order valence-electron chi connectivity index (χ0n) is 8.81. The molecule has 0 radical (unpaired) electrons. The van der Waals surface area contributed by atoms with E-state index in [1.54, 1.807) is 6.20 Å². The molecule has 0 N–H and O–H groups in total. The van der Waals surface area contributed by atoms with Gasteiger partial charge in [-0.3, -0.25) is 0 Å². The van der Waals surface area contributed by atoms with E-state index in [0.717, 1.165) is 17.0 Å². The Morgan fingerprint density at radius 2 is 2.33 bits per heavy atom. The molecule has 0 aliphatic rings. The first-order chi connectivity index (χ1) is 7.24. The fraction of sp³-hybridized carbons (Fsp3) is 0.364. The van der Waals surface area contributed by atoms with Crippen LogP contribution in [0, 0.1) is 11.3 Å². The molecule has 4 nitrogen and oxygen atoms in total. The number of hydrogen-bond acceptors (Lipinski definition) is 3. The van der Waals surface area contributed by atoms with E-state index in [1.807, 2.05) is 12.1 Å². The van der Waals surface area contributed by atoms with Crippen molar-refractivity contribution in [1.29, 1.82) is 5.26 Å². The number of imidazole rings is 1. The van der Waals surface area contributed by atoms with Crippen molar-refractivity contribution in [3.05, 3.63) is 24.2 Å². The molecule has 0 aromatic carbocycles. The molecule has 4 heteroatoms. The van der Waals surface area contributed by atoms with Crippen molar-refractivity contribution >= 4 is 11.2 Å². The van der Waals surface area contributed by atoms with E-state index in [9.17, 15) is 0 Å². The second-order valence-electron chi connectivity index (χ2n) is 3.67. The third-order valence-electron chi connectivity index (χ3n) is 2.29. The van der Waals surface area contributed by atoms with Crippen molar-refractivity contribution in [1.82, 2.24) is 14.5 Å². The molecule has 0 bridgehead atoms. The molecule has 0 atom stereocenters. The van der Waals surface area contributed by atoms with Crippen LogP contribution in [0.1, 0.15) is 25.7 Å². The van der Waals surface area contributed by atoms with Crippen molar-refractivity contribution in [3.8, 4) is 6.07 Å². The Hall–Kier alpha value is -1.89. The number of fused-ring (bicyclic) bond motifs is 1. The summed E-state index contributed by atoms with van der Waals surface area (Å²) in [7, 11) is 0. The normalized spacial score (nSPS) is 10.8. The number of aromatic nitrogens is 3. The van der Waals surface area contributed by atoms with Crippen LogP contribution in [-0.4, -0.2) is 14.5 Å². The second kappa shape index (κ2) is 3.70. The summed E-state index contributed by atoms with van der Waals surface area (Å²) in [6.07, 6.45) is 2.05. The van der Waals surface area contributed by atoms with Crippen LogP contribution in [0.4, 0.5) is 0 Å². The Bertz CT molecular complexity index is 519. The number of rotatable bonds is 2. The van der Waals surface area contributed by atoms with Gasteiger partial charge in [-0.2, -0.15) is 5.26 Å². The maximum atomic E-state index is 8.73. The predicted molar refractivity (Wildman–Crippen MR) is 57.2 cm³/mol. The van der Waals surface area contributed by atoms with E-state index in [-0.39, 0.29) is 0 Å². The fourth-order valence-corrected chi connectivity index (χ4v) is 1.75. The monoisotopic (exact) mass is 200 g/mol. The van der Waals surface area contributed by atoms with Gasteiger partial charge in [-0.1, -0.05) is 0 Å². The SMILES string of the molecule is CC(C)n1c(CC#N)nc2ncccc21. The molecule has 0 unspecified atom stereocenters. The summed E-state index contributed by atoms with van der Waals surface area (Å²) in [4.78, 5) is 8.54. The molecule has 0 aliphatic carbocycles. The Labute approximate surface area is 88.2 Å². The zero-order chi connectivity index (χ0) is 10.8. The molecule has 2 rings (SSSR count). The lowest BCUT2D eigenvalue weighted by Crippen LogP contribution is -2.05. The number of nitrogens with zero attached hydrogens (tertiary/aromatic N) is 4. The molecule has 15 heavy (non-hydrogen) atoms. The first-order valence-electron chi connectivity index (χ1n) is 4.93. The van der Waals surface area contributed by atoms with Gasteiger partial charge in [0.2, 0.25) is 0 Å². The van der Waals surface area contributed by atoms with Gasteiger partial charge in [0.15, 0.2) is 5.65 Å². The lowest BCUT2D eigenvalue weighted by molar-refractivity contribution is 0.594. The van der Waals surface area contributed by atoms with Crippen molar-refractivity contribution < 1.29 is 0 Å². The van der Waals surface area contributed by atoms with Crippen LogP contribution in [0.25, 0.3) is 11.2 Å². The second-order valence-corrected chi connectivity index (χ2v) is 3.67. The third-order valence-corrected chi connectivity index (χ3v) is 2.29.